The first-order valence-corrected chi connectivity index (χ1v) is 12.8. The molecule has 0 unspecified atom stereocenters. The summed E-state index contributed by atoms with van der Waals surface area (Å²) in [7, 11) is 0. The van der Waals surface area contributed by atoms with E-state index in [0.717, 1.165) is 25.9 Å². The second-order valence-corrected chi connectivity index (χ2v) is 10.1. The van der Waals surface area contributed by atoms with Crippen LogP contribution in [0.2, 0.25) is 0 Å². The maximum Gasteiger partial charge on any atom is 0.189 e. The Balaban J connectivity index is 1.55. The van der Waals surface area contributed by atoms with Crippen molar-refractivity contribution in [1.29, 1.82) is 0 Å². The predicted octanol–water partition coefficient (Wildman–Crippen LogP) is 7.30. The lowest BCUT2D eigenvalue weighted by molar-refractivity contribution is -0.161. The third kappa shape index (κ3) is 3.35. The lowest BCUT2D eigenvalue weighted by Gasteiger charge is -2.57. The number of hydrogen-bond acceptors (Lipinski definition) is 2. The molecule has 32 heavy (non-hydrogen) atoms. The van der Waals surface area contributed by atoms with Crippen LogP contribution in [-0.2, 0) is 4.74 Å². The highest BCUT2D eigenvalue weighted by Gasteiger charge is 2.58. The second kappa shape index (κ2) is 8.56. The van der Waals surface area contributed by atoms with Gasteiger partial charge in [0.2, 0.25) is 0 Å². The molecule has 4 aliphatic rings. The van der Waals surface area contributed by atoms with Crippen molar-refractivity contribution >= 4 is 6.08 Å². The first-order chi connectivity index (χ1) is 15.9. The molecule has 1 saturated carbocycles. The summed E-state index contributed by atoms with van der Waals surface area (Å²) in [4.78, 5) is 2.74. The first kappa shape index (κ1) is 20.3. The van der Waals surface area contributed by atoms with Crippen molar-refractivity contribution < 1.29 is 4.74 Å². The largest absolute Gasteiger partial charge is 0.473 e. The molecule has 0 N–H and O–H groups in total. The van der Waals surface area contributed by atoms with Gasteiger partial charge in [0.05, 0.1) is 5.76 Å². The van der Waals surface area contributed by atoms with Gasteiger partial charge in [-0.15, -0.1) is 0 Å². The van der Waals surface area contributed by atoms with E-state index >= 15 is 0 Å². The van der Waals surface area contributed by atoms with Gasteiger partial charge in [-0.3, -0.25) is 4.90 Å². The van der Waals surface area contributed by atoms with Crippen LogP contribution in [0.1, 0.15) is 74.8 Å². The lowest BCUT2D eigenvalue weighted by atomic mass is 9.63. The van der Waals surface area contributed by atoms with E-state index in [1.807, 2.05) is 0 Å². The summed E-state index contributed by atoms with van der Waals surface area (Å²) in [6.45, 7) is 2.32. The van der Waals surface area contributed by atoms with Crippen LogP contribution in [0.4, 0.5) is 0 Å². The number of nitrogens with zero attached hydrogens (tertiary/aromatic N) is 1. The van der Waals surface area contributed by atoms with Crippen molar-refractivity contribution in [1.82, 2.24) is 4.90 Å². The minimum atomic E-state index is -0.277. The number of fused-ring (bicyclic) bond motifs is 1. The Morgan fingerprint density at radius 2 is 1.50 bits per heavy atom. The van der Waals surface area contributed by atoms with Crippen LogP contribution in [0, 0.1) is 5.92 Å². The third-order valence-corrected chi connectivity index (χ3v) is 8.31. The van der Waals surface area contributed by atoms with Crippen molar-refractivity contribution in [2.24, 2.45) is 5.92 Å². The van der Waals surface area contributed by atoms with E-state index in [4.69, 9.17) is 4.74 Å². The molecule has 2 heterocycles. The first-order valence-electron chi connectivity index (χ1n) is 12.8. The average molecular weight is 426 g/mol. The van der Waals surface area contributed by atoms with Gasteiger partial charge in [0.1, 0.15) is 0 Å². The standard InChI is InChI=1S/C30H35NO/c1-3-12-23(13-4-1)22-25-16-11-18-27-29(24-14-5-2-6-15-24)26-17-7-8-19-28(26)32-30(25,27)31-20-9-10-21-31/h1-6,12-15,22,27,29H,7-11,16-21H2/b25-22+/t27-,29-,30+/m1/s1. The Labute approximate surface area is 193 Å². The van der Waals surface area contributed by atoms with Crippen molar-refractivity contribution in [2.75, 3.05) is 13.1 Å². The van der Waals surface area contributed by atoms with Crippen molar-refractivity contribution in [3.8, 4) is 0 Å². The van der Waals surface area contributed by atoms with Crippen LogP contribution in [0.5, 0.6) is 0 Å². The maximum absolute atomic E-state index is 7.34. The summed E-state index contributed by atoms with van der Waals surface area (Å²) >= 11 is 0. The van der Waals surface area contributed by atoms with E-state index < -0.39 is 0 Å². The smallest absolute Gasteiger partial charge is 0.189 e. The maximum atomic E-state index is 7.34. The molecule has 0 aromatic heterocycles. The molecule has 0 spiro atoms. The van der Waals surface area contributed by atoms with Gasteiger partial charge in [-0.2, -0.15) is 0 Å². The molecule has 2 heteroatoms. The minimum absolute atomic E-state index is 0.277. The summed E-state index contributed by atoms with van der Waals surface area (Å²) in [6, 6.07) is 22.3. The number of likely N-dealkylation sites (tertiary alicyclic amines) is 1. The van der Waals surface area contributed by atoms with E-state index in [-0.39, 0.29) is 5.72 Å². The van der Waals surface area contributed by atoms with E-state index in [9.17, 15) is 0 Å². The number of rotatable bonds is 3. The second-order valence-electron chi connectivity index (χ2n) is 10.1. The molecule has 0 amide bonds. The molecule has 2 aliphatic carbocycles. The molecule has 0 bridgehead atoms. The molecule has 166 valence electrons. The number of hydrogen-bond donors (Lipinski definition) is 0. The van der Waals surface area contributed by atoms with E-state index in [1.54, 1.807) is 5.57 Å². The highest BCUT2D eigenvalue weighted by Crippen LogP contribution is 2.58. The van der Waals surface area contributed by atoms with Gasteiger partial charge < -0.3 is 4.74 Å². The molecular formula is C30H35NO. The minimum Gasteiger partial charge on any atom is -0.473 e. The fraction of sp³-hybridized carbons (Fsp3) is 0.467. The quantitative estimate of drug-likeness (QED) is 0.511. The summed E-state index contributed by atoms with van der Waals surface area (Å²) in [6.07, 6.45) is 13.6. The molecule has 2 fully saturated rings. The number of allylic oxidation sites excluding steroid dienone is 2. The highest BCUT2D eigenvalue weighted by molar-refractivity contribution is 5.57. The third-order valence-electron chi connectivity index (χ3n) is 8.31. The molecule has 2 aromatic rings. The summed E-state index contributed by atoms with van der Waals surface area (Å²) in [5.74, 6) is 2.30. The Kier molecular flexibility index (Phi) is 5.43. The van der Waals surface area contributed by atoms with Crippen LogP contribution < -0.4 is 0 Å². The zero-order valence-corrected chi connectivity index (χ0v) is 19.1. The fourth-order valence-electron chi connectivity index (χ4n) is 7.01. The summed E-state index contributed by atoms with van der Waals surface area (Å²) in [5.41, 5.74) is 5.66. The zero-order valence-electron chi connectivity index (χ0n) is 19.1. The SMILES string of the molecule is C(=C1/CCC[C@@H]2[C@H](c3ccccc3)C3=C(CCCC3)O[C@@]12N1CCCC1)/c1ccccc1. The molecule has 6 rings (SSSR count). The predicted molar refractivity (Wildman–Crippen MR) is 131 cm³/mol. The van der Waals surface area contributed by atoms with Gasteiger partial charge in [-0.1, -0.05) is 66.7 Å². The van der Waals surface area contributed by atoms with Crippen LogP contribution >= 0.6 is 0 Å². The van der Waals surface area contributed by atoms with Crippen LogP contribution in [0.15, 0.2) is 77.6 Å². The average Bonchev–Trinajstić information content (AvgIpc) is 3.40. The Bertz CT molecular complexity index is 1000. The lowest BCUT2D eigenvalue weighted by Crippen LogP contribution is -2.61. The van der Waals surface area contributed by atoms with Crippen LogP contribution in [-0.4, -0.2) is 23.7 Å². The number of ether oxygens (including phenoxy) is 1. The van der Waals surface area contributed by atoms with Crippen molar-refractivity contribution in [2.45, 2.75) is 69.4 Å². The topological polar surface area (TPSA) is 12.5 Å². The zero-order chi connectivity index (χ0) is 21.4. The monoisotopic (exact) mass is 425 g/mol. The molecule has 1 saturated heterocycles. The molecule has 2 aliphatic heterocycles. The Hall–Kier alpha value is -2.32. The normalized spacial score (nSPS) is 31.8. The van der Waals surface area contributed by atoms with E-state index in [1.165, 1.54) is 67.4 Å². The van der Waals surface area contributed by atoms with Gasteiger partial charge in [-0.05, 0) is 73.6 Å². The molecule has 2 aromatic carbocycles. The van der Waals surface area contributed by atoms with Gasteiger partial charge in [0.25, 0.3) is 0 Å². The molecular weight excluding hydrogens is 390 g/mol. The molecule has 3 atom stereocenters. The van der Waals surface area contributed by atoms with Crippen LogP contribution in [0.25, 0.3) is 6.08 Å². The van der Waals surface area contributed by atoms with E-state index in [0.29, 0.717) is 11.8 Å². The number of benzene rings is 2. The van der Waals surface area contributed by atoms with E-state index in [2.05, 4.69) is 71.6 Å². The highest BCUT2D eigenvalue weighted by atomic mass is 16.5. The van der Waals surface area contributed by atoms with Gasteiger partial charge in [0, 0.05) is 31.3 Å². The molecule has 0 radical (unpaired) electrons. The summed E-state index contributed by atoms with van der Waals surface area (Å²) < 4.78 is 7.34. The van der Waals surface area contributed by atoms with Crippen LogP contribution in [0.3, 0.4) is 0 Å². The summed E-state index contributed by atoms with van der Waals surface area (Å²) in [5, 5.41) is 0. The van der Waals surface area contributed by atoms with Gasteiger partial charge in [-0.25, -0.2) is 0 Å². The van der Waals surface area contributed by atoms with Gasteiger partial charge >= 0.3 is 0 Å². The van der Waals surface area contributed by atoms with Gasteiger partial charge in [0.15, 0.2) is 5.72 Å². The Morgan fingerprint density at radius 3 is 2.28 bits per heavy atom. The van der Waals surface area contributed by atoms with Crippen molar-refractivity contribution in [3.05, 3.63) is 88.7 Å². The van der Waals surface area contributed by atoms with Crippen molar-refractivity contribution in [3.63, 3.8) is 0 Å². The Morgan fingerprint density at radius 1 is 0.781 bits per heavy atom. The fourth-order valence-corrected chi connectivity index (χ4v) is 7.01. The molecule has 2 nitrogen and oxygen atoms in total.